The zero-order chi connectivity index (χ0) is 15.4. The van der Waals surface area contributed by atoms with Gasteiger partial charge in [-0.1, -0.05) is 24.3 Å². The molecule has 2 rings (SSSR count). The van der Waals surface area contributed by atoms with Crippen LogP contribution in [0.5, 0.6) is 5.75 Å². The lowest BCUT2D eigenvalue weighted by molar-refractivity contribution is -0.119. The lowest BCUT2D eigenvalue weighted by Crippen LogP contribution is -2.41. The van der Waals surface area contributed by atoms with Gasteiger partial charge in [-0.3, -0.25) is 10.1 Å². The van der Waals surface area contributed by atoms with Crippen molar-refractivity contribution in [3.63, 3.8) is 0 Å². The number of amides is 3. The van der Waals surface area contributed by atoms with Crippen LogP contribution in [0.25, 0.3) is 10.8 Å². The molecular weight excluding hydrogens is 288 g/mol. The first-order valence-electron chi connectivity index (χ1n) is 6.43. The summed E-state index contributed by atoms with van der Waals surface area (Å²) < 4.78 is 0. The van der Waals surface area contributed by atoms with Crippen molar-refractivity contribution in [3.05, 3.63) is 36.4 Å². The average Bonchev–Trinajstić information content (AvgIpc) is 2.50. The highest BCUT2D eigenvalue weighted by Gasteiger charge is 2.18. The molecule has 0 fully saturated rings. The van der Waals surface area contributed by atoms with E-state index in [-0.39, 0.29) is 11.7 Å². The number of benzene rings is 2. The number of aromatic hydroxyl groups is 1. The lowest BCUT2D eigenvalue weighted by Gasteiger charge is -2.13. The molecular formula is C15H16N2O3S. The second-order valence-electron chi connectivity index (χ2n) is 4.46. The van der Waals surface area contributed by atoms with Crippen LogP contribution in [0.3, 0.4) is 0 Å². The third-order valence-corrected chi connectivity index (χ3v) is 4.18. The van der Waals surface area contributed by atoms with E-state index in [1.54, 1.807) is 19.1 Å². The van der Waals surface area contributed by atoms with Crippen LogP contribution < -0.4 is 10.6 Å². The highest BCUT2D eigenvalue weighted by Crippen LogP contribution is 2.35. The number of nitrogens with one attached hydrogen (secondary N) is 2. The van der Waals surface area contributed by atoms with Crippen molar-refractivity contribution in [2.75, 3.05) is 7.05 Å². The van der Waals surface area contributed by atoms with Gasteiger partial charge in [0.15, 0.2) is 0 Å². The summed E-state index contributed by atoms with van der Waals surface area (Å²) in [6, 6.07) is 10.3. The summed E-state index contributed by atoms with van der Waals surface area (Å²) in [5, 5.41) is 15.6. The molecule has 2 aromatic rings. The molecule has 3 amide bonds. The molecule has 2 aromatic carbocycles. The largest absolute Gasteiger partial charge is 0.507 e. The smallest absolute Gasteiger partial charge is 0.321 e. The number of carbonyl (C=O) groups is 2. The number of carbonyl (C=O) groups excluding carboxylic acids is 2. The fourth-order valence-corrected chi connectivity index (χ4v) is 2.88. The van der Waals surface area contributed by atoms with Crippen LogP contribution in [-0.4, -0.2) is 29.3 Å². The molecule has 21 heavy (non-hydrogen) atoms. The van der Waals surface area contributed by atoms with E-state index in [9.17, 15) is 14.7 Å². The van der Waals surface area contributed by atoms with Gasteiger partial charge in [0, 0.05) is 17.3 Å². The predicted molar refractivity (Wildman–Crippen MR) is 83.5 cm³/mol. The topological polar surface area (TPSA) is 78.4 Å². The molecule has 110 valence electrons. The number of hydrogen-bond donors (Lipinski definition) is 3. The first-order chi connectivity index (χ1) is 10.0. The van der Waals surface area contributed by atoms with Gasteiger partial charge in [-0.05, 0) is 24.4 Å². The highest BCUT2D eigenvalue weighted by molar-refractivity contribution is 8.00. The normalized spacial score (nSPS) is 11.9. The number of phenolic OH excluding ortho intramolecular Hbond substituents is 1. The summed E-state index contributed by atoms with van der Waals surface area (Å²) in [4.78, 5) is 23.9. The standard InChI is InChI=1S/C15H16N2O3S/c1-9(14(19)17-15(20)16-2)21-13-8-7-12(18)10-5-3-4-6-11(10)13/h3-9,18H,1-2H3,(H2,16,17,19,20). The van der Waals surface area contributed by atoms with Crippen LogP contribution in [0.1, 0.15) is 6.92 Å². The Hall–Kier alpha value is -2.21. The van der Waals surface area contributed by atoms with Gasteiger partial charge in [-0.15, -0.1) is 11.8 Å². The van der Waals surface area contributed by atoms with Crippen LogP contribution in [-0.2, 0) is 4.79 Å². The first-order valence-corrected chi connectivity index (χ1v) is 7.31. The molecule has 0 saturated heterocycles. The third kappa shape index (κ3) is 3.46. The molecule has 1 unspecified atom stereocenters. The molecule has 3 N–H and O–H groups in total. The number of fused-ring (bicyclic) bond motifs is 1. The Morgan fingerprint density at radius 3 is 2.48 bits per heavy atom. The maximum Gasteiger partial charge on any atom is 0.321 e. The summed E-state index contributed by atoms with van der Waals surface area (Å²) >= 11 is 1.34. The van der Waals surface area contributed by atoms with Gasteiger partial charge in [-0.25, -0.2) is 4.79 Å². The molecule has 0 aliphatic carbocycles. The average molecular weight is 304 g/mol. The van der Waals surface area contributed by atoms with Crippen molar-refractivity contribution in [2.24, 2.45) is 0 Å². The summed E-state index contributed by atoms with van der Waals surface area (Å²) in [5.41, 5.74) is 0. The molecule has 6 heteroatoms. The van der Waals surface area contributed by atoms with Crippen LogP contribution in [0.15, 0.2) is 41.3 Å². The molecule has 0 saturated carbocycles. The number of urea groups is 1. The van der Waals surface area contributed by atoms with Crippen LogP contribution >= 0.6 is 11.8 Å². The van der Waals surface area contributed by atoms with Crippen molar-refractivity contribution >= 4 is 34.5 Å². The van der Waals surface area contributed by atoms with Crippen molar-refractivity contribution in [3.8, 4) is 5.75 Å². The van der Waals surface area contributed by atoms with Gasteiger partial charge in [0.1, 0.15) is 5.75 Å². The molecule has 0 heterocycles. The van der Waals surface area contributed by atoms with Gasteiger partial charge in [0.05, 0.1) is 5.25 Å². The summed E-state index contributed by atoms with van der Waals surface area (Å²) in [5.74, 6) is -0.158. The Bertz CT molecular complexity index is 688. The minimum atomic E-state index is -0.525. The van der Waals surface area contributed by atoms with Crippen molar-refractivity contribution in [1.82, 2.24) is 10.6 Å². The highest BCUT2D eigenvalue weighted by atomic mass is 32.2. The van der Waals surface area contributed by atoms with Gasteiger partial charge in [0.2, 0.25) is 5.91 Å². The number of imide groups is 1. The van der Waals surface area contributed by atoms with Crippen LogP contribution in [0.4, 0.5) is 4.79 Å². The molecule has 0 bridgehead atoms. The van der Waals surface area contributed by atoms with Crippen molar-refractivity contribution < 1.29 is 14.7 Å². The maximum atomic E-state index is 11.9. The van der Waals surface area contributed by atoms with Gasteiger partial charge in [0.25, 0.3) is 0 Å². The fourth-order valence-electron chi connectivity index (χ4n) is 1.88. The van der Waals surface area contributed by atoms with Gasteiger partial charge in [-0.2, -0.15) is 0 Å². The minimum Gasteiger partial charge on any atom is -0.507 e. The van der Waals surface area contributed by atoms with E-state index in [2.05, 4.69) is 10.6 Å². The Labute approximate surface area is 126 Å². The molecule has 0 radical (unpaired) electrons. The molecule has 0 aliphatic heterocycles. The van der Waals surface area contributed by atoms with E-state index in [0.29, 0.717) is 0 Å². The van der Waals surface area contributed by atoms with E-state index in [1.807, 2.05) is 24.3 Å². The fraction of sp³-hybridized carbons (Fsp3) is 0.200. The van der Waals surface area contributed by atoms with E-state index >= 15 is 0 Å². The number of thioether (sulfide) groups is 1. The zero-order valence-electron chi connectivity index (χ0n) is 11.7. The first kappa shape index (κ1) is 15.2. The third-order valence-electron chi connectivity index (χ3n) is 3.00. The summed E-state index contributed by atoms with van der Waals surface area (Å²) in [7, 11) is 1.45. The quantitative estimate of drug-likeness (QED) is 0.761. The van der Waals surface area contributed by atoms with E-state index < -0.39 is 11.3 Å². The Morgan fingerprint density at radius 2 is 1.81 bits per heavy atom. The number of phenols is 1. The lowest BCUT2D eigenvalue weighted by atomic mass is 10.1. The van der Waals surface area contributed by atoms with Gasteiger partial charge < -0.3 is 10.4 Å². The predicted octanol–water partition coefficient (Wildman–Crippen LogP) is 2.48. The maximum absolute atomic E-state index is 11.9. The molecule has 1 atom stereocenters. The monoisotopic (exact) mass is 304 g/mol. The van der Waals surface area contributed by atoms with E-state index in [0.717, 1.165) is 15.7 Å². The SMILES string of the molecule is CNC(=O)NC(=O)C(C)Sc1ccc(O)c2ccccc12. The number of rotatable bonds is 3. The minimum absolute atomic E-state index is 0.206. The molecule has 0 aromatic heterocycles. The van der Waals surface area contributed by atoms with Crippen LogP contribution in [0, 0.1) is 0 Å². The van der Waals surface area contributed by atoms with Crippen molar-refractivity contribution in [1.29, 1.82) is 0 Å². The molecule has 0 spiro atoms. The second kappa shape index (κ2) is 6.49. The Morgan fingerprint density at radius 1 is 1.14 bits per heavy atom. The van der Waals surface area contributed by atoms with Crippen molar-refractivity contribution in [2.45, 2.75) is 17.1 Å². The summed E-state index contributed by atoms with van der Waals surface area (Å²) in [6.45, 7) is 1.73. The molecule has 0 aliphatic rings. The molecule has 5 nitrogen and oxygen atoms in total. The van der Waals surface area contributed by atoms with E-state index in [1.165, 1.54) is 18.8 Å². The van der Waals surface area contributed by atoms with Gasteiger partial charge >= 0.3 is 6.03 Å². The Balaban J connectivity index is 2.22. The second-order valence-corrected chi connectivity index (χ2v) is 5.84. The van der Waals surface area contributed by atoms with E-state index in [4.69, 9.17) is 0 Å². The zero-order valence-corrected chi connectivity index (χ0v) is 12.5. The summed E-state index contributed by atoms with van der Waals surface area (Å²) in [6.07, 6.45) is 0. The number of hydrogen-bond acceptors (Lipinski definition) is 4. The van der Waals surface area contributed by atoms with Crippen LogP contribution in [0.2, 0.25) is 0 Å². The Kier molecular flexibility index (Phi) is 4.70.